The van der Waals surface area contributed by atoms with Crippen molar-refractivity contribution in [1.82, 2.24) is 19.3 Å². The fourth-order valence-corrected chi connectivity index (χ4v) is 2.75. The van der Waals surface area contributed by atoms with Crippen molar-refractivity contribution in [2.24, 2.45) is 0 Å². The lowest BCUT2D eigenvalue weighted by atomic mass is 10.1. The van der Waals surface area contributed by atoms with Crippen LogP contribution in [0.4, 0.5) is 10.2 Å². The van der Waals surface area contributed by atoms with Crippen molar-refractivity contribution in [3.63, 3.8) is 0 Å². The van der Waals surface area contributed by atoms with Crippen LogP contribution in [-0.2, 0) is 6.54 Å². The van der Waals surface area contributed by atoms with Crippen LogP contribution in [0.25, 0.3) is 16.9 Å². The van der Waals surface area contributed by atoms with Gasteiger partial charge in [-0.3, -0.25) is 4.79 Å². The third-order valence-corrected chi connectivity index (χ3v) is 3.92. The first-order valence-electron chi connectivity index (χ1n) is 8.97. The molecule has 27 heavy (non-hydrogen) atoms. The van der Waals surface area contributed by atoms with Crippen molar-refractivity contribution in [2.45, 2.75) is 46.2 Å². The Labute approximate surface area is 157 Å². The van der Waals surface area contributed by atoms with Crippen LogP contribution in [0.15, 0.2) is 47.7 Å². The Morgan fingerprint density at radius 1 is 1.22 bits per heavy atom. The van der Waals surface area contributed by atoms with Gasteiger partial charge in [0.15, 0.2) is 0 Å². The predicted octanol–water partition coefficient (Wildman–Crippen LogP) is 3.86. The minimum absolute atomic E-state index is 0.0508. The molecule has 0 aliphatic heterocycles. The highest BCUT2D eigenvalue weighted by atomic mass is 19.1. The molecule has 7 heteroatoms. The number of hydrogen-bond donors (Lipinski definition) is 1. The minimum Gasteiger partial charge on any atom is -0.365 e. The van der Waals surface area contributed by atoms with Crippen LogP contribution in [-0.4, -0.2) is 24.9 Å². The summed E-state index contributed by atoms with van der Waals surface area (Å²) in [4.78, 5) is 16.2. The summed E-state index contributed by atoms with van der Waals surface area (Å²) in [5.41, 5.74) is 1.30. The lowest BCUT2D eigenvalue weighted by Crippen LogP contribution is -2.26. The molecule has 3 rings (SSSR count). The first-order valence-corrected chi connectivity index (χ1v) is 8.97. The molecule has 0 radical (unpaired) electrons. The normalized spacial score (nSPS) is 11.6. The summed E-state index contributed by atoms with van der Waals surface area (Å²) >= 11 is 0. The summed E-state index contributed by atoms with van der Waals surface area (Å²) in [5.74, 6) is 0.0905. The molecule has 3 aromatic rings. The van der Waals surface area contributed by atoms with Gasteiger partial charge >= 0.3 is 0 Å². The van der Waals surface area contributed by atoms with Crippen LogP contribution in [0.2, 0.25) is 0 Å². The fraction of sp³-hybridized carbons (Fsp3) is 0.350. The third-order valence-electron chi connectivity index (χ3n) is 3.92. The second-order valence-corrected chi connectivity index (χ2v) is 7.49. The fourth-order valence-electron chi connectivity index (χ4n) is 2.75. The van der Waals surface area contributed by atoms with Crippen LogP contribution in [0.3, 0.4) is 0 Å². The Morgan fingerprint density at radius 3 is 2.67 bits per heavy atom. The molecule has 0 spiro atoms. The van der Waals surface area contributed by atoms with E-state index >= 15 is 0 Å². The lowest BCUT2D eigenvalue weighted by Gasteiger charge is -2.21. The van der Waals surface area contributed by atoms with Crippen LogP contribution >= 0.6 is 0 Å². The van der Waals surface area contributed by atoms with Crippen molar-refractivity contribution in [3.05, 3.63) is 59.0 Å². The second-order valence-electron chi connectivity index (χ2n) is 7.49. The molecule has 0 saturated carbocycles. The molecule has 1 N–H and O–H groups in total. The maximum Gasteiger partial charge on any atom is 0.250 e. The quantitative estimate of drug-likeness (QED) is 0.742. The van der Waals surface area contributed by atoms with Crippen molar-refractivity contribution in [1.29, 1.82) is 0 Å². The average Bonchev–Trinajstić information content (AvgIpc) is 3.05. The van der Waals surface area contributed by atoms with E-state index in [1.807, 2.05) is 27.7 Å². The van der Waals surface area contributed by atoms with Gasteiger partial charge in [-0.15, -0.1) is 0 Å². The summed E-state index contributed by atoms with van der Waals surface area (Å²) in [7, 11) is 0. The van der Waals surface area contributed by atoms with Crippen molar-refractivity contribution < 1.29 is 4.39 Å². The average molecular weight is 369 g/mol. The van der Waals surface area contributed by atoms with Gasteiger partial charge in [0, 0.05) is 42.8 Å². The molecule has 0 saturated heterocycles. The number of anilines is 1. The van der Waals surface area contributed by atoms with Crippen LogP contribution < -0.4 is 10.9 Å². The van der Waals surface area contributed by atoms with Gasteiger partial charge in [0.1, 0.15) is 11.6 Å². The highest BCUT2D eigenvalue weighted by Gasteiger charge is 2.14. The molecule has 142 valence electrons. The van der Waals surface area contributed by atoms with Gasteiger partial charge < -0.3 is 9.88 Å². The number of rotatable bonds is 5. The van der Waals surface area contributed by atoms with E-state index in [0.29, 0.717) is 23.6 Å². The molecule has 0 amide bonds. The molecule has 6 nitrogen and oxygen atoms in total. The molecule has 0 aliphatic carbocycles. The summed E-state index contributed by atoms with van der Waals surface area (Å²) < 4.78 is 17.8. The zero-order valence-electron chi connectivity index (χ0n) is 16.0. The van der Waals surface area contributed by atoms with E-state index in [0.717, 1.165) is 12.1 Å². The summed E-state index contributed by atoms with van der Waals surface area (Å²) in [6.45, 7) is 8.61. The highest BCUT2D eigenvalue weighted by Crippen LogP contribution is 2.24. The molecular formula is C20H24FN5O. The Balaban J connectivity index is 1.90. The second kappa shape index (κ2) is 7.34. The maximum atomic E-state index is 14.6. The highest BCUT2D eigenvalue weighted by molar-refractivity contribution is 5.61. The standard InChI is InChI=1S/C20H24FN5O/c1-5-9-25-13-14(6-7-19(25)27)26-10-8-17(24-26)15-12-22-18(11-16(15)21)23-20(2,3)4/h6-8,10-13H,5,9H2,1-4H3,(H,22,23). The molecule has 0 aliphatic rings. The molecule has 0 aromatic carbocycles. The van der Waals surface area contributed by atoms with Crippen molar-refractivity contribution in [3.8, 4) is 16.9 Å². The Kier molecular flexibility index (Phi) is 5.12. The number of halogens is 1. The monoisotopic (exact) mass is 369 g/mol. The predicted molar refractivity (Wildman–Crippen MR) is 105 cm³/mol. The van der Waals surface area contributed by atoms with Gasteiger partial charge in [0.05, 0.1) is 16.9 Å². The smallest absolute Gasteiger partial charge is 0.250 e. The maximum absolute atomic E-state index is 14.6. The molecular weight excluding hydrogens is 345 g/mol. The van der Waals surface area contributed by atoms with E-state index in [2.05, 4.69) is 15.4 Å². The minimum atomic E-state index is -0.391. The van der Waals surface area contributed by atoms with E-state index in [4.69, 9.17) is 0 Å². The zero-order chi connectivity index (χ0) is 19.6. The van der Waals surface area contributed by atoms with Gasteiger partial charge in [0.2, 0.25) is 0 Å². The summed E-state index contributed by atoms with van der Waals surface area (Å²) in [5, 5.41) is 7.59. The van der Waals surface area contributed by atoms with Gasteiger partial charge in [-0.25, -0.2) is 14.1 Å². The SMILES string of the molecule is CCCn1cc(-n2ccc(-c3cnc(NC(C)(C)C)cc3F)n2)ccc1=O. The van der Waals surface area contributed by atoms with Crippen molar-refractivity contribution in [2.75, 3.05) is 5.32 Å². The van der Waals surface area contributed by atoms with Crippen LogP contribution in [0, 0.1) is 5.82 Å². The summed E-state index contributed by atoms with van der Waals surface area (Å²) in [6.07, 6.45) is 5.84. The number of nitrogens with one attached hydrogen (secondary N) is 1. The lowest BCUT2D eigenvalue weighted by molar-refractivity contribution is 0.615. The molecule has 0 atom stereocenters. The number of nitrogens with zero attached hydrogens (tertiary/aromatic N) is 4. The number of aryl methyl sites for hydroxylation is 1. The first-order chi connectivity index (χ1) is 12.8. The number of pyridine rings is 2. The first kappa shape index (κ1) is 18.8. The number of hydrogen-bond acceptors (Lipinski definition) is 4. The van der Waals surface area contributed by atoms with Gasteiger partial charge in [-0.05, 0) is 39.3 Å². The molecule has 3 aromatic heterocycles. The van der Waals surface area contributed by atoms with E-state index < -0.39 is 5.82 Å². The Hall–Kier alpha value is -2.96. The van der Waals surface area contributed by atoms with E-state index in [1.165, 1.54) is 18.3 Å². The third kappa shape index (κ3) is 4.42. The van der Waals surface area contributed by atoms with Crippen LogP contribution in [0.1, 0.15) is 34.1 Å². The van der Waals surface area contributed by atoms with E-state index in [9.17, 15) is 9.18 Å². The van der Waals surface area contributed by atoms with E-state index in [1.54, 1.807) is 33.8 Å². The molecule has 0 bridgehead atoms. The van der Waals surface area contributed by atoms with Gasteiger partial charge in [-0.2, -0.15) is 5.10 Å². The molecule has 0 fully saturated rings. The molecule has 3 heterocycles. The van der Waals surface area contributed by atoms with Gasteiger partial charge in [-0.1, -0.05) is 6.92 Å². The topological polar surface area (TPSA) is 64.7 Å². The molecule has 0 unspecified atom stereocenters. The van der Waals surface area contributed by atoms with Gasteiger partial charge in [0.25, 0.3) is 5.56 Å². The number of aromatic nitrogens is 4. The zero-order valence-corrected chi connectivity index (χ0v) is 16.0. The largest absolute Gasteiger partial charge is 0.365 e. The van der Waals surface area contributed by atoms with Crippen LogP contribution in [0.5, 0.6) is 0 Å². The Bertz CT molecular complexity index is 1000. The van der Waals surface area contributed by atoms with Crippen molar-refractivity contribution >= 4 is 5.82 Å². The summed E-state index contributed by atoms with van der Waals surface area (Å²) in [6, 6.07) is 6.32. The van der Waals surface area contributed by atoms with E-state index in [-0.39, 0.29) is 11.1 Å². The Morgan fingerprint density at radius 2 is 2.00 bits per heavy atom.